The number of thioether (sulfide) groups is 2. The van der Waals surface area contributed by atoms with Crippen molar-refractivity contribution < 1.29 is 14.4 Å². The zero-order chi connectivity index (χ0) is 27.4. The fourth-order valence-electron chi connectivity index (χ4n) is 3.95. The molecule has 1 aromatic heterocycles. The number of thiocarbonyl (C=S) groups is 1. The molecule has 11 heteroatoms. The van der Waals surface area contributed by atoms with E-state index in [1.807, 2.05) is 72.8 Å². The molecular weight excluding hydrogens is 616 g/mol. The van der Waals surface area contributed by atoms with Crippen LogP contribution in [0.5, 0.6) is 0 Å². The van der Waals surface area contributed by atoms with Gasteiger partial charge in [-0.05, 0) is 42.0 Å². The first kappa shape index (κ1) is 27.3. The average Bonchev–Trinajstić information content (AvgIpc) is 3.42. The summed E-state index contributed by atoms with van der Waals surface area (Å²) in [5.74, 6) is -0.593. The van der Waals surface area contributed by atoms with E-state index in [0.29, 0.717) is 31.1 Å². The third-order valence-corrected chi connectivity index (χ3v) is 8.55. The summed E-state index contributed by atoms with van der Waals surface area (Å²) in [6.07, 6.45) is 1.85. The molecule has 2 amide bonds. The Balaban J connectivity index is 1.28. The van der Waals surface area contributed by atoms with Crippen molar-refractivity contribution in [3.8, 4) is 0 Å². The number of fused-ring (bicyclic) bond motifs is 1. The lowest BCUT2D eigenvalue weighted by atomic mass is 10.2. The van der Waals surface area contributed by atoms with E-state index in [-0.39, 0.29) is 36.4 Å². The Hall–Kier alpha value is -3.25. The number of amides is 2. The van der Waals surface area contributed by atoms with E-state index < -0.39 is 0 Å². The molecule has 1 N–H and O–H groups in total. The molecule has 1 fully saturated rings. The summed E-state index contributed by atoms with van der Waals surface area (Å²) in [7, 11) is 0. The Labute approximate surface area is 247 Å². The lowest BCUT2D eigenvalue weighted by Crippen LogP contribution is -2.31. The molecule has 1 saturated heterocycles. The number of imidazole rings is 1. The number of carbonyl (C=O) groups is 3. The third kappa shape index (κ3) is 6.50. The second kappa shape index (κ2) is 12.3. The van der Waals surface area contributed by atoms with Crippen LogP contribution >= 0.6 is 51.7 Å². The van der Waals surface area contributed by atoms with E-state index in [9.17, 15) is 14.4 Å². The molecule has 0 bridgehead atoms. The van der Waals surface area contributed by atoms with Gasteiger partial charge in [0.15, 0.2) is 5.16 Å². The van der Waals surface area contributed by atoms with Gasteiger partial charge in [-0.2, -0.15) is 0 Å². The lowest BCUT2D eigenvalue weighted by Gasteiger charge is -2.15. The Bertz CT molecular complexity index is 1620. The maximum atomic E-state index is 13.5. The second-order valence-corrected chi connectivity index (χ2v) is 12.0. The van der Waals surface area contributed by atoms with Crippen LogP contribution in [0.25, 0.3) is 17.1 Å². The number of hydrogen-bond acceptors (Lipinski definition) is 7. The molecule has 0 atom stereocenters. The molecule has 1 aliphatic rings. The van der Waals surface area contributed by atoms with Gasteiger partial charge in [0.2, 0.25) is 11.8 Å². The summed E-state index contributed by atoms with van der Waals surface area (Å²) < 4.78 is 2.80. The van der Waals surface area contributed by atoms with Crippen LogP contribution in [-0.2, 0) is 9.59 Å². The largest absolute Gasteiger partial charge is 0.325 e. The van der Waals surface area contributed by atoms with Crippen molar-refractivity contribution in [1.82, 2.24) is 14.5 Å². The number of carbonyl (C=O) groups excluding carboxylic acids is 3. The highest BCUT2D eigenvalue weighted by Gasteiger charge is 2.32. The Kier molecular flexibility index (Phi) is 8.61. The number of aromatic nitrogens is 2. The molecule has 2 heterocycles. The number of benzene rings is 3. The van der Waals surface area contributed by atoms with Crippen LogP contribution in [0.15, 0.2) is 93.4 Å². The fourth-order valence-corrected chi connectivity index (χ4v) is 6.48. The molecular formula is C28H21BrN4O3S3. The van der Waals surface area contributed by atoms with Crippen LogP contribution in [0.4, 0.5) is 5.69 Å². The van der Waals surface area contributed by atoms with Gasteiger partial charge < -0.3 is 5.32 Å². The smallest absolute Gasteiger partial charge is 0.266 e. The standard InChI is InChI=1S/C28H21BrN4O3S3/c29-19-9-6-10-20(16-19)30-24(34)17-38-27-31-21-11-4-5-12-22(21)33(27)25(35)13-14-32-26(36)23(39-28(32)37)15-18-7-2-1-3-8-18/h1-12,15-16H,13-14,17H2,(H,30,34). The predicted molar refractivity (Wildman–Crippen MR) is 165 cm³/mol. The van der Waals surface area contributed by atoms with Crippen molar-refractivity contribution in [3.63, 3.8) is 0 Å². The first-order valence-corrected chi connectivity index (χ1v) is 14.9. The molecule has 0 saturated carbocycles. The molecule has 7 nitrogen and oxygen atoms in total. The zero-order valence-corrected chi connectivity index (χ0v) is 24.4. The van der Waals surface area contributed by atoms with Crippen LogP contribution in [0.3, 0.4) is 0 Å². The van der Waals surface area contributed by atoms with Crippen LogP contribution in [-0.4, -0.2) is 48.8 Å². The van der Waals surface area contributed by atoms with Gasteiger partial charge in [-0.1, -0.05) is 100 Å². The van der Waals surface area contributed by atoms with Crippen LogP contribution in [0.1, 0.15) is 16.8 Å². The molecule has 0 aliphatic carbocycles. The number of hydrogen-bond donors (Lipinski definition) is 1. The van der Waals surface area contributed by atoms with Crippen molar-refractivity contribution in [1.29, 1.82) is 0 Å². The summed E-state index contributed by atoms with van der Waals surface area (Å²) in [4.78, 5) is 45.6. The van der Waals surface area contributed by atoms with Gasteiger partial charge >= 0.3 is 0 Å². The maximum absolute atomic E-state index is 13.5. The predicted octanol–water partition coefficient (Wildman–Crippen LogP) is 6.46. The maximum Gasteiger partial charge on any atom is 0.266 e. The summed E-state index contributed by atoms with van der Waals surface area (Å²) in [6, 6.07) is 24.2. The number of nitrogens with one attached hydrogen (secondary N) is 1. The average molecular weight is 638 g/mol. The summed E-state index contributed by atoms with van der Waals surface area (Å²) >= 11 is 11.2. The summed E-state index contributed by atoms with van der Waals surface area (Å²) in [5.41, 5.74) is 2.87. The highest BCUT2D eigenvalue weighted by atomic mass is 79.9. The van der Waals surface area contributed by atoms with Crippen molar-refractivity contribution >= 4 is 96.5 Å². The zero-order valence-electron chi connectivity index (χ0n) is 20.4. The molecule has 0 radical (unpaired) electrons. The quantitative estimate of drug-likeness (QED) is 0.135. The van der Waals surface area contributed by atoms with Crippen LogP contribution in [0.2, 0.25) is 0 Å². The number of rotatable bonds is 8. The van der Waals surface area contributed by atoms with Crippen molar-refractivity contribution in [3.05, 3.63) is 93.8 Å². The molecule has 0 spiro atoms. The number of halogens is 1. The molecule has 4 aromatic rings. The molecule has 5 rings (SSSR count). The minimum absolute atomic E-state index is 0.0449. The summed E-state index contributed by atoms with van der Waals surface area (Å²) in [6.45, 7) is 0.148. The van der Waals surface area contributed by atoms with Crippen LogP contribution in [0, 0.1) is 0 Å². The van der Waals surface area contributed by atoms with Gasteiger partial charge in [-0.3, -0.25) is 23.9 Å². The number of nitrogens with zero attached hydrogens (tertiary/aromatic N) is 3. The van der Waals surface area contributed by atoms with E-state index in [4.69, 9.17) is 12.2 Å². The highest BCUT2D eigenvalue weighted by Crippen LogP contribution is 2.33. The van der Waals surface area contributed by atoms with E-state index in [2.05, 4.69) is 26.2 Å². The Morgan fingerprint density at radius 3 is 2.62 bits per heavy atom. The van der Waals surface area contributed by atoms with Gasteiger partial charge in [-0.25, -0.2) is 4.98 Å². The van der Waals surface area contributed by atoms with Crippen molar-refractivity contribution in [2.24, 2.45) is 0 Å². The van der Waals surface area contributed by atoms with Crippen LogP contribution < -0.4 is 5.32 Å². The minimum Gasteiger partial charge on any atom is -0.325 e. The lowest BCUT2D eigenvalue weighted by molar-refractivity contribution is -0.122. The molecule has 0 unspecified atom stereocenters. The first-order valence-electron chi connectivity index (χ1n) is 11.9. The third-order valence-electron chi connectivity index (χ3n) is 5.74. The first-order chi connectivity index (χ1) is 18.9. The van der Waals surface area contributed by atoms with Gasteiger partial charge in [0.05, 0.1) is 21.7 Å². The number of para-hydroxylation sites is 2. The highest BCUT2D eigenvalue weighted by molar-refractivity contribution is 9.10. The Morgan fingerprint density at radius 2 is 1.82 bits per heavy atom. The van der Waals surface area contributed by atoms with E-state index >= 15 is 0 Å². The summed E-state index contributed by atoms with van der Waals surface area (Å²) in [5, 5.41) is 3.27. The van der Waals surface area contributed by atoms with Crippen molar-refractivity contribution in [2.45, 2.75) is 11.6 Å². The molecule has 3 aromatic carbocycles. The van der Waals surface area contributed by atoms with E-state index in [1.165, 1.54) is 33.0 Å². The van der Waals surface area contributed by atoms with Crippen molar-refractivity contribution in [2.75, 3.05) is 17.6 Å². The van der Waals surface area contributed by atoms with Gasteiger partial charge in [0, 0.05) is 23.1 Å². The monoisotopic (exact) mass is 636 g/mol. The molecule has 1 aliphatic heterocycles. The number of anilines is 1. The fraction of sp³-hybridized carbons (Fsp3) is 0.107. The SMILES string of the molecule is O=C(CSc1nc2ccccc2n1C(=O)CCN1C(=O)C(=Cc2ccccc2)SC1=S)Nc1cccc(Br)c1. The topological polar surface area (TPSA) is 84.3 Å². The Morgan fingerprint density at radius 1 is 1.05 bits per heavy atom. The normalized spacial score (nSPS) is 14.4. The van der Waals surface area contributed by atoms with E-state index in [1.54, 1.807) is 12.1 Å². The van der Waals surface area contributed by atoms with Gasteiger partial charge in [0.25, 0.3) is 5.91 Å². The van der Waals surface area contributed by atoms with Gasteiger partial charge in [-0.15, -0.1) is 0 Å². The molecule has 39 heavy (non-hydrogen) atoms. The minimum atomic E-state index is -0.236. The van der Waals surface area contributed by atoms with E-state index in [0.717, 1.165) is 10.0 Å². The molecule has 196 valence electrons. The second-order valence-electron chi connectivity index (χ2n) is 8.45. The van der Waals surface area contributed by atoms with Gasteiger partial charge in [0.1, 0.15) is 4.32 Å².